The Bertz CT molecular complexity index is 248. The van der Waals surface area contributed by atoms with Crippen LogP contribution in [0.3, 0.4) is 0 Å². The van der Waals surface area contributed by atoms with Crippen LogP contribution in [0.1, 0.15) is 39.8 Å². The molecule has 0 spiro atoms. The van der Waals surface area contributed by atoms with Crippen molar-refractivity contribution in [1.82, 2.24) is 9.55 Å². The number of aryl methyl sites for hydroxylation is 1. The molecule has 1 aromatic rings. The van der Waals surface area contributed by atoms with Crippen molar-refractivity contribution in [3.05, 3.63) is 18.2 Å². The van der Waals surface area contributed by atoms with Gasteiger partial charge in [0.2, 0.25) is 0 Å². The van der Waals surface area contributed by atoms with Gasteiger partial charge in [-0.3, -0.25) is 0 Å². The lowest BCUT2D eigenvalue weighted by Gasteiger charge is -2.26. The monoisotopic (exact) mass is 166 g/mol. The van der Waals surface area contributed by atoms with Crippen LogP contribution in [-0.4, -0.2) is 9.55 Å². The predicted octanol–water partition coefficient (Wildman–Crippen LogP) is 2.59. The van der Waals surface area contributed by atoms with Crippen LogP contribution in [0.15, 0.2) is 12.5 Å². The molecule has 0 radical (unpaired) electrons. The molecule has 0 amide bonds. The summed E-state index contributed by atoms with van der Waals surface area (Å²) in [6.45, 7) is 8.86. The molecule has 0 aliphatic carbocycles. The van der Waals surface area contributed by atoms with Crippen molar-refractivity contribution in [2.45, 2.75) is 46.1 Å². The van der Waals surface area contributed by atoms with Crippen molar-refractivity contribution in [3.63, 3.8) is 0 Å². The summed E-state index contributed by atoms with van der Waals surface area (Å²) in [6.07, 6.45) is 6.08. The second kappa shape index (κ2) is 3.30. The van der Waals surface area contributed by atoms with Crippen LogP contribution in [-0.2, 0) is 12.0 Å². The minimum Gasteiger partial charge on any atom is -0.329 e. The average molecular weight is 166 g/mol. The van der Waals surface area contributed by atoms with Gasteiger partial charge in [0.1, 0.15) is 0 Å². The summed E-state index contributed by atoms with van der Waals surface area (Å²) < 4.78 is 2.27. The van der Waals surface area contributed by atoms with E-state index in [0.717, 1.165) is 12.8 Å². The summed E-state index contributed by atoms with van der Waals surface area (Å²) in [6, 6.07) is 0. The zero-order valence-corrected chi connectivity index (χ0v) is 8.46. The zero-order valence-electron chi connectivity index (χ0n) is 8.46. The maximum atomic E-state index is 4.17. The van der Waals surface area contributed by atoms with E-state index < -0.39 is 0 Å². The van der Waals surface area contributed by atoms with Gasteiger partial charge in [-0.2, -0.15) is 0 Å². The number of rotatable bonds is 3. The third-order valence-corrected chi connectivity index (χ3v) is 2.59. The summed E-state index contributed by atoms with van der Waals surface area (Å²) in [5, 5.41) is 0. The first-order chi connectivity index (χ1) is 5.61. The fourth-order valence-corrected chi connectivity index (χ4v) is 1.30. The summed E-state index contributed by atoms with van der Waals surface area (Å²) in [4.78, 5) is 4.17. The van der Waals surface area contributed by atoms with Crippen LogP contribution in [0.2, 0.25) is 0 Å². The lowest BCUT2D eigenvalue weighted by atomic mass is 10.0. The molecular weight excluding hydrogens is 148 g/mol. The Hall–Kier alpha value is -0.790. The fourth-order valence-electron chi connectivity index (χ4n) is 1.30. The fraction of sp³-hybridized carbons (Fsp3) is 0.700. The predicted molar refractivity (Wildman–Crippen MR) is 51.2 cm³/mol. The Morgan fingerprint density at radius 1 is 1.42 bits per heavy atom. The van der Waals surface area contributed by atoms with Gasteiger partial charge in [0.25, 0.3) is 0 Å². The standard InChI is InChI=1S/C10H18N2/c1-5-9-7-11-8-12(9)10(3,4)6-2/h7-8H,5-6H2,1-4H3. The first kappa shape index (κ1) is 9.30. The molecule has 0 unspecified atom stereocenters. The molecule has 12 heavy (non-hydrogen) atoms. The Morgan fingerprint density at radius 3 is 2.58 bits per heavy atom. The summed E-state index contributed by atoms with van der Waals surface area (Å²) in [5.74, 6) is 0. The van der Waals surface area contributed by atoms with E-state index in [0.29, 0.717) is 0 Å². The second-order valence-corrected chi connectivity index (χ2v) is 3.77. The third-order valence-electron chi connectivity index (χ3n) is 2.59. The normalized spacial score (nSPS) is 12.0. The number of hydrogen-bond acceptors (Lipinski definition) is 1. The molecule has 0 aromatic carbocycles. The molecule has 0 N–H and O–H groups in total. The molecule has 1 aromatic heterocycles. The van der Waals surface area contributed by atoms with Gasteiger partial charge in [-0.1, -0.05) is 13.8 Å². The summed E-state index contributed by atoms with van der Waals surface area (Å²) >= 11 is 0. The van der Waals surface area contributed by atoms with Crippen molar-refractivity contribution in [1.29, 1.82) is 0 Å². The van der Waals surface area contributed by atoms with Gasteiger partial charge in [0, 0.05) is 17.4 Å². The summed E-state index contributed by atoms with van der Waals surface area (Å²) in [7, 11) is 0. The van der Waals surface area contributed by atoms with E-state index >= 15 is 0 Å². The molecule has 0 saturated heterocycles. The zero-order chi connectivity index (χ0) is 9.19. The van der Waals surface area contributed by atoms with Gasteiger partial charge in [-0.05, 0) is 26.7 Å². The van der Waals surface area contributed by atoms with E-state index in [1.807, 2.05) is 12.5 Å². The van der Waals surface area contributed by atoms with Gasteiger partial charge < -0.3 is 4.57 Å². The van der Waals surface area contributed by atoms with E-state index in [-0.39, 0.29) is 5.54 Å². The molecule has 0 aliphatic heterocycles. The molecular formula is C10H18N2. The van der Waals surface area contributed by atoms with Gasteiger partial charge in [-0.25, -0.2) is 4.98 Å². The van der Waals surface area contributed by atoms with Gasteiger partial charge in [0.15, 0.2) is 0 Å². The molecule has 0 atom stereocenters. The average Bonchev–Trinajstić information content (AvgIpc) is 2.52. The Balaban J connectivity index is 3.00. The first-order valence-electron chi connectivity index (χ1n) is 4.63. The van der Waals surface area contributed by atoms with Gasteiger partial charge in [0.05, 0.1) is 6.33 Å². The lowest BCUT2D eigenvalue weighted by molar-refractivity contribution is 0.333. The number of nitrogens with zero attached hydrogens (tertiary/aromatic N) is 2. The number of aromatic nitrogens is 2. The summed E-state index contributed by atoms with van der Waals surface area (Å²) in [5.41, 5.74) is 1.53. The van der Waals surface area contributed by atoms with Crippen molar-refractivity contribution < 1.29 is 0 Å². The highest BCUT2D eigenvalue weighted by Gasteiger charge is 2.18. The highest BCUT2D eigenvalue weighted by molar-refractivity contribution is 5.02. The molecule has 0 saturated carbocycles. The Kier molecular flexibility index (Phi) is 2.55. The number of hydrogen-bond donors (Lipinski definition) is 0. The molecule has 0 bridgehead atoms. The van der Waals surface area contributed by atoms with Crippen LogP contribution in [0.25, 0.3) is 0 Å². The van der Waals surface area contributed by atoms with E-state index in [4.69, 9.17) is 0 Å². The van der Waals surface area contributed by atoms with Crippen LogP contribution < -0.4 is 0 Å². The Labute approximate surface area is 74.6 Å². The molecule has 1 rings (SSSR count). The molecule has 2 nitrogen and oxygen atoms in total. The maximum absolute atomic E-state index is 4.17. The smallest absolute Gasteiger partial charge is 0.0953 e. The van der Waals surface area contributed by atoms with Crippen LogP contribution in [0.4, 0.5) is 0 Å². The van der Waals surface area contributed by atoms with E-state index in [2.05, 4.69) is 37.2 Å². The van der Waals surface area contributed by atoms with Crippen LogP contribution in [0.5, 0.6) is 0 Å². The highest BCUT2D eigenvalue weighted by Crippen LogP contribution is 2.21. The van der Waals surface area contributed by atoms with Crippen molar-refractivity contribution in [2.24, 2.45) is 0 Å². The quantitative estimate of drug-likeness (QED) is 0.675. The topological polar surface area (TPSA) is 17.8 Å². The largest absolute Gasteiger partial charge is 0.329 e. The lowest BCUT2D eigenvalue weighted by Crippen LogP contribution is -2.26. The van der Waals surface area contributed by atoms with Crippen molar-refractivity contribution in [3.8, 4) is 0 Å². The second-order valence-electron chi connectivity index (χ2n) is 3.77. The van der Waals surface area contributed by atoms with E-state index in [1.54, 1.807) is 0 Å². The highest BCUT2D eigenvalue weighted by atomic mass is 15.1. The van der Waals surface area contributed by atoms with Gasteiger partial charge >= 0.3 is 0 Å². The maximum Gasteiger partial charge on any atom is 0.0953 e. The minimum absolute atomic E-state index is 0.210. The van der Waals surface area contributed by atoms with E-state index in [9.17, 15) is 0 Å². The van der Waals surface area contributed by atoms with Crippen LogP contribution in [0, 0.1) is 0 Å². The molecule has 68 valence electrons. The number of imidazole rings is 1. The molecule has 0 fully saturated rings. The van der Waals surface area contributed by atoms with Crippen molar-refractivity contribution in [2.75, 3.05) is 0 Å². The van der Waals surface area contributed by atoms with E-state index in [1.165, 1.54) is 5.69 Å². The molecule has 1 heterocycles. The van der Waals surface area contributed by atoms with Crippen LogP contribution >= 0.6 is 0 Å². The third kappa shape index (κ3) is 1.52. The molecule has 0 aliphatic rings. The van der Waals surface area contributed by atoms with Gasteiger partial charge in [-0.15, -0.1) is 0 Å². The Morgan fingerprint density at radius 2 is 2.08 bits per heavy atom. The first-order valence-corrected chi connectivity index (χ1v) is 4.63. The molecule has 2 heteroatoms. The van der Waals surface area contributed by atoms with Crippen molar-refractivity contribution >= 4 is 0 Å². The minimum atomic E-state index is 0.210. The SMILES string of the molecule is CCc1cncn1C(C)(C)CC.